The zero-order valence-corrected chi connectivity index (χ0v) is 37.3. The van der Waals surface area contributed by atoms with E-state index in [4.69, 9.17) is 33.2 Å². The van der Waals surface area contributed by atoms with Gasteiger partial charge in [-0.2, -0.15) is 0 Å². The number of carbonyl (C=O) groups excluding carboxylic acids is 6. The van der Waals surface area contributed by atoms with E-state index >= 15 is 4.79 Å². The van der Waals surface area contributed by atoms with Crippen LogP contribution in [0.4, 0.5) is 0 Å². The van der Waals surface area contributed by atoms with Crippen LogP contribution in [0.25, 0.3) is 0 Å². The van der Waals surface area contributed by atoms with Gasteiger partial charge in [0.15, 0.2) is 23.6 Å². The van der Waals surface area contributed by atoms with Gasteiger partial charge in [0.05, 0.1) is 44.3 Å². The summed E-state index contributed by atoms with van der Waals surface area (Å²) < 4.78 is 41.1. The van der Waals surface area contributed by atoms with Gasteiger partial charge < -0.3 is 53.8 Å². The smallest absolute Gasteiger partial charge is 0.342 e. The van der Waals surface area contributed by atoms with Gasteiger partial charge in [-0.05, 0) is 70.9 Å². The molecule has 2 unspecified atom stereocenters. The number of ketones is 1. The molecule has 5 rings (SSSR count). The Balaban J connectivity index is 1.79. The number of aliphatic hydroxyl groups excluding tert-OH is 2. The summed E-state index contributed by atoms with van der Waals surface area (Å²) in [5.41, 5.74) is -6.83. The van der Waals surface area contributed by atoms with Crippen LogP contribution in [0.1, 0.15) is 92.4 Å². The first-order chi connectivity index (χ1) is 28.8. The van der Waals surface area contributed by atoms with E-state index in [9.17, 15) is 39.3 Å². The Kier molecular flexibility index (Phi) is 13.6. The molecule has 1 aromatic rings. The summed E-state index contributed by atoms with van der Waals surface area (Å²) in [5, 5.41) is 39.9. The predicted octanol–water partition coefficient (Wildman–Crippen LogP) is 3.00. The van der Waals surface area contributed by atoms with Crippen molar-refractivity contribution in [2.45, 2.75) is 136 Å². The molecule has 4 N–H and O–H groups in total. The number of esters is 4. The topological polar surface area (TPSA) is 240 Å². The molecule has 1 heterocycles. The minimum Gasteiger partial charge on any atom is -0.497 e. The molecule has 2 saturated carbocycles. The van der Waals surface area contributed by atoms with Crippen LogP contribution in [0, 0.1) is 16.7 Å². The summed E-state index contributed by atoms with van der Waals surface area (Å²) in [6.45, 7) is 14.6. The van der Waals surface area contributed by atoms with Crippen molar-refractivity contribution in [2.24, 2.45) is 16.7 Å². The first-order valence-corrected chi connectivity index (χ1v) is 20.4. The summed E-state index contributed by atoms with van der Waals surface area (Å²) in [7, 11) is 2.70. The SMILES string of the molecule is COc1ccc(OC)c(C(=O)OC2C3[C@](C)(C(=O)[C@H](OC(C)=O)C4=C(C)[C@@H](OC(=O)[C@H](O)[C@H](C=C(C)C)NC(=O)C=C(C)C)C[C@]2(O)C4(C)C)[C@@H](O)C[C@H]2OC[C@@]32OC(C)=O)c1. The molecule has 62 heavy (non-hydrogen) atoms. The van der Waals surface area contributed by atoms with E-state index in [-0.39, 0.29) is 41.2 Å². The van der Waals surface area contributed by atoms with Gasteiger partial charge in [-0.1, -0.05) is 31.1 Å². The van der Waals surface area contributed by atoms with E-state index < -0.39 is 113 Å². The van der Waals surface area contributed by atoms with Crippen molar-refractivity contribution in [3.8, 4) is 11.5 Å². The van der Waals surface area contributed by atoms with Crippen molar-refractivity contribution in [2.75, 3.05) is 20.8 Å². The number of benzene rings is 1. The number of rotatable bonds is 12. The van der Waals surface area contributed by atoms with Gasteiger partial charge in [0.1, 0.15) is 41.0 Å². The van der Waals surface area contributed by atoms with Gasteiger partial charge in [0.2, 0.25) is 5.91 Å². The standard InChI is InChI=1S/C45H59NO16/c1-21(2)15-28(46-33(50)16-22(3)4)35(51)41(54)60-30-19-45(55)39(61-40(53)27-17-26(56-11)13-14-29(27)57-12)37-43(10,31(49)18-32-44(37,20-58-32)62-25(7)48)38(52)36(59-24(6)47)34(23(30)5)42(45,8)9/h13-17,28,30-32,35-37,39,49,51,55H,18-20H2,1-12H3,(H,46,50)/t28-,30-,31-,32+,35+,36+,37?,39?,43+,44-,45+/m0/s1. The second-order valence-corrected chi connectivity index (χ2v) is 17.8. The third kappa shape index (κ3) is 8.27. The maximum absolute atomic E-state index is 15.5. The lowest BCUT2D eigenvalue weighted by atomic mass is 9.44. The molecular formula is C45H59NO16. The molecule has 0 aromatic heterocycles. The van der Waals surface area contributed by atoms with Crippen molar-refractivity contribution in [3.05, 3.63) is 58.2 Å². The largest absolute Gasteiger partial charge is 0.497 e. The van der Waals surface area contributed by atoms with E-state index in [2.05, 4.69) is 5.32 Å². The fourth-order valence-corrected chi connectivity index (χ4v) is 9.81. The number of carbonyl (C=O) groups is 6. The predicted molar refractivity (Wildman–Crippen MR) is 218 cm³/mol. The third-order valence-corrected chi connectivity index (χ3v) is 12.9. The zero-order valence-electron chi connectivity index (χ0n) is 37.3. The fourth-order valence-electron chi connectivity index (χ4n) is 9.81. The van der Waals surface area contributed by atoms with Crippen molar-refractivity contribution < 1.29 is 77.2 Å². The van der Waals surface area contributed by atoms with E-state index in [1.165, 1.54) is 66.2 Å². The van der Waals surface area contributed by atoms with E-state index in [1.54, 1.807) is 33.8 Å². The lowest BCUT2D eigenvalue weighted by Crippen LogP contribution is -2.82. The van der Waals surface area contributed by atoms with Gasteiger partial charge in [0, 0.05) is 38.2 Å². The number of ether oxygens (including phenoxy) is 7. The highest BCUT2D eigenvalue weighted by molar-refractivity contribution is 5.96. The van der Waals surface area contributed by atoms with Crippen LogP contribution in [-0.2, 0) is 47.7 Å². The molecule has 0 radical (unpaired) electrons. The van der Waals surface area contributed by atoms with Crippen LogP contribution in [0.15, 0.2) is 52.6 Å². The molecular weight excluding hydrogens is 810 g/mol. The van der Waals surface area contributed by atoms with Crippen molar-refractivity contribution in [1.82, 2.24) is 5.32 Å². The Bertz CT molecular complexity index is 2100. The van der Waals surface area contributed by atoms with Crippen LogP contribution in [0.2, 0.25) is 0 Å². The van der Waals surface area contributed by atoms with Gasteiger partial charge in [-0.15, -0.1) is 0 Å². The number of amides is 1. The Morgan fingerprint density at radius 3 is 2.13 bits per heavy atom. The molecule has 340 valence electrons. The average molecular weight is 870 g/mol. The summed E-state index contributed by atoms with van der Waals surface area (Å²) in [4.78, 5) is 83.1. The van der Waals surface area contributed by atoms with Crippen molar-refractivity contribution >= 4 is 35.6 Å². The number of hydrogen-bond donors (Lipinski definition) is 4. The molecule has 1 saturated heterocycles. The molecule has 1 amide bonds. The van der Waals surface area contributed by atoms with Crippen molar-refractivity contribution in [1.29, 1.82) is 0 Å². The summed E-state index contributed by atoms with van der Waals surface area (Å²) in [6, 6.07) is 3.07. The number of nitrogens with one attached hydrogen (secondary N) is 1. The molecule has 3 aliphatic carbocycles. The van der Waals surface area contributed by atoms with Crippen LogP contribution < -0.4 is 14.8 Å². The fraction of sp³-hybridized carbons (Fsp3) is 0.600. The Labute approximate surface area is 360 Å². The second kappa shape index (κ2) is 17.6. The molecule has 1 aromatic carbocycles. The number of methoxy groups -OCH3 is 2. The highest BCUT2D eigenvalue weighted by atomic mass is 16.6. The van der Waals surface area contributed by atoms with Crippen LogP contribution in [0.3, 0.4) is 0 Å². The zero-order chi connectivity index (χ0) is 46.4. The maximum Gasteiger partial charge on any atom is 0.342 e. The first-order valence-electron chi connectivity index (χ1n) is 20.4. The third-order valence-electron chi connectivity index (χ3n) is 12.9. The Hall–Kier alpha value is -5.10. The van der Waals surface area contributed by atoms with Gasteiger partial charge in [-0.25, -0.2) is 9.59 Å². The van der Waals surface area contributed by atoms with Gasteiger partial charge >= 0.3 is 23.9 Å². The van der Waals surface area contributed by atoms with E-state index in [1.807, 2.05) is 0 Å². The highest BCUT2D eigenvalue weighted by Crippen LogP contribution is 2.64. The summed E-state index contributed by atoms with van der Waals surface area (Å²) in [5.74, 6) is -6.84. The van der Waals surface area contributed by atoms with Crippen molar-refractivity contribution in [3.63, 3.8) is 0 Å². The number of Topliss-reactive ketones (excluding diaryl/α,β-unsaturated/α-hetero) is 1. The summed E-state index contributed by atoms with van der Waals surface area (Å²) >= 11 is 0. The molecule has 4 aliphatic rings. The molecule has 0 spiro atoms. The monoisotopic (exact) mass is 869 g/mol. The Morgan fingerprint density at radius 2 is 1.60 bits per heavy atom. The molecule has 17 nitrogen and oxygen atoms in total. The molecule has 2 bridgehead atoms. The molecule has 1 aliphatic heterocycles. The molecule has 17 heteroatoms. The minimum absolute atomic E-state index is 0.0307. The lowest BCUT2D eigenvalue weighted by Gasteiger charge is -2.67. The molecule has 11 atom stereocenters. The van der Waals surface area contributed by atoms with Crippen LogP contribution in [0.5, 0.6) is 11.5 Å². The van der Waals surface area contributed by atoms with Crippen LogP contribution in [-0.4, -0.2) is 126 Å². The van der Waals surface area contributed by atoms with E-state index in [0.29, 0.717) is 11.1 Å². The quantitative estimate of drug-likeness (QED) is 0.102. The number of aliphatic hydroxyl groups is 3. The summed E-state index contributed by atoms with van der Waals surface area (Å²) in [6.07, 6.45) is -7.99. The first kappa shape index (κ1) is 47.9. The molecule has 3 fully saturated rings. The van der Waals surface area contributed by atoms with Gasteiger partial charge in [-0.3, -0.25) is 19.2 Å². The Morgan fingerprint density at radius 1 is 0.935 bits per heavy atom. The van der Waals surface area contributed by atoms with Crippen LogP contribution >= 0.6 is 0 Å². The highest BCUT2D eigenvalue weighted by Gasteiger charge is 2.78. The number of fused-ring (bicyclic) bond motifs is 5. The lowest BCUT2D eigenvalue weighted by molar-refractivity contribution is -0.346. The second-order valence-electron chi connectivity index (χ2n) is 17.8. The van der Waals surface area contributed by atoms with Gasteiger partial charge in [0.25, 0.3) is 0 Å². The maximum atomic E-state index is 15.5. The minimum atomic E-state index is -2.45. The number of allylic oxidation sites excluding steroid dienone is 2. The number of hydrogen-bond acceptors (Lipinski definition) is 16. The normalized spacial score (nSPS) is 31.7. The average Bonchev–Trinajstić information content (AvgIpc) is 3.17. The van der Waals surface area contributed by atoms with E-state index in [0.717, 1.165) is 13.8 Å².